The van der Waals surface area contributed by atoms with Gasteiger partial charge in [-0.15, -0.1) is 11.3 Å². The molecule has 0 aromatic carbocycles. The molecular weight excluding hydrogens is 232 g/mol. The van der Waals surface area contributed by atoms with E-state index < -0.39 is 0 Å². The van der Waals surface area contributed by atoms with E-state index in [2.05, 4.69) is 29.0 Å². The fourth-order valence-electron chi connectivity index (χ4n) is 2.27. The molecule has 0 spiro atoms. The molecule has 1 aromatic heterocycles. The molecule has 1 aliphatic heterocycles. The summed E-state index contributed by atoms with van der Waals surface area (Å²) in [6.07, 6.45) is 0.934. The van der Waals surface area contributed by atoms with Gasteiger partial charge in [0, 0.05) is 43.8 Å². The topological polar surface area (TPSA) is 23.6 Å². The number of piperazine rings is 1. The molecule has 0 atom stereocenters. The molecule has 2 rings (SSSR count). The largest absolute Gasteiger partial charge is 0.368 e. The Kier molecular flexibility index (Phi) is 4.18. The van der Waals surface area contributed by atoms with E-state index in [1.54, 1.807) is 0 Å². The zero-order chi connectivity index (χ0) is 12.3. The van der Waals surface area contributed by atoms with Gasteiger partial charge in [-0.1, -0.05) is 13.8 Å². The van der Waals surface area contributed by atoms with Crippen LogP contribution in [-0.2, 0) is 0 Å². The first-order valence-electron chi connectivity index (χ1n) is 6.20. The highest BCUT2D eigenvalue weighted by Crippen LogP contribution is 2.23. The Morgan fingerprint density at radius 3 is 2.59 bits per heavy atom. The van der Waals surface area contributed by atoms with Crippen molar-refractivity contribution in [3.8, 4) is 0 Å². The molecule has 0 saturated carbocycles. The van der Waals surface area contributed by atoms with Crippen molar-refractivity contribution in [1.82, 2.24) is 4.90 Å². The van der Waals surface area contributed by atoms with Gasteiger partial charge in [-0.25, -0.2) is 0 Å². The summed E-state index contributed by atoms with van der Waals surface area (Å²) in [6, 6.07) is 2.00. The van der Waals surface area contributed by atoms with Crippen molar-refractivity contribution in [3.05, 3.63) is 16.3 Å². The molecule has 0 amide bonds. The van der Waals surface area contributed by atoms with E-state index in [9.17, 15) is 4.79 Å². The average Bonchev–Trinajstić information content (AvgIpc) is 2.78. The molecule has 0 N–H and O–H groups in total. The normalized spacial score (nSPS) is 17.7. The van der Waals surface area contributed by atoms with E-state index in [4.69, 9.17) is 0 Å². The predicted octanol–water partition coefficient (Wildman–Crippen LogP) is 2.34. The van der Waals surface area contributed by atoms with Crippen LogP contribution < -0.4 is 4.90 Å². The number of thiophene rings is 1. The minimum absolute atomic E-state index is 0.740. The van der Waals surface area contributed by atoms with Crippen molar-refractivity contribution in [2.45, 2.75) is 13.8 Å². The summed E-state index contributed by atoms with van der Waals surface area (Å²) in [5.41, 5.74) is 1.21. The van der Waals surface area contributed by atoms with Gasteiger partial charge >= 0.3 is 0 Å². The van der Waals surface area contributed by atoms with Gasteiger partial charge in [-0.05, 0) is 12.0 Å². The minimum atomic E-state index is 0.740. The van der Waals surface area contributed by atoms with Crippen molar-refractivity contribution in [2.24, 2.45) is 5.92 Å². The summed E-state index contributed by atoms with van der Waals surface area (Å²) in [4.78, 5) is 16.4. The van der Waals surface area contributed by atoms with Crippen molar-refractivity contribution in [3.63, 3.8) is 0 Å². The van der Waals surface area contributed by atoms with Gasteiger partial charge in [0.25, 0.3) is 0 Å². The van der Waals surface area contributed by atoms with Crippen LogP contribution in [0.5, 0.6) is 0 Å². The molecule has 0 unspecified atom stereocenters. The Hall–Kier alpha value is -0.870. The molecule has 1 saturated heterocycles. The van der Waals surface area contributed by atoms with Crippen LogP contribution in [0.4, 0.5) is 5.69 Å². The van der Waals surface area contributed by atoms with Crippen LogP contribution in [0.2, 0.25) is 0 Å². The Morgan fingerprint density at radius 2 is 2.06 bits per heavy atom. The number of aldehydes is 1. The molecule has 3 nitrogen and oxygen atoms in total. The van der Waals surface area contributed by atoms with Gasteiger partial charge < -0.3 is 4.90 Å². The fourth-order valence-corrected chi connectivity index (χ4v) is 2.99. The lowest BCUT2D eigenvalue weighted by Crippen LogP contribution is -2.47. The van der Waals surface area contributed by atoms with Crippen LogP contribution in [0, 0.1) is 5.92 Å². The molecule has 0 aliphatic carbocycles. The molecule has 4 heteroatoms. The maximum atomic E-state index is 10.7. The summed E-state index contributed by atoms with van der Waals surface area (Å²) in [7, 11) is 0. The van der Waals surface area contributed by atoms with Gasteiger partial charge in [0.1, 0.15) is 0 Å². The number of anilines is 1. The summed E-state index contributed by atoms with van der Waals surface area (Å²) >= 11 is 1.53. The van der Waals surface area contributed by atoms with Crippen molar-refractivity contribution < 1.29 is 4.79 Å². The van der Waals surface area contributed by atoms with Crippen LogP contribution in [0.1, 0.15) is 23.5 Å². The standard InChI is InChI=1S/C13H20N2OS/c1-11(2)8-14-3-5-15(6-4-14)12-7-13(9-16)17-10-12/h7,9-11H,3-6,8H2,1-2H3. The summed E-state index contributed by atoms with van der Waals surface area (Å²) in [5.74, 6) is 0.740. The second-order valence-electron chi connectivity index (χ2n) is 5.01. The zero-order valence-electron chi connectivity index (χ0n) is 10.6. The van der Waals surface area contributed by atoms with E-state index in [0.717, 1.165) is 43.3 Å². The number of carbonyl (C=O) groups excluding carboxylic acids is 1. The molecule has 17 heavy (non-hydrogen) atoms. The third-order valence-electron chi connectivity index (χ3n) is 3.08. The monoisotopic (exact) mass is 252 g/mol. The minimum Gasteiger partial charge on any atom is -0.368 e. The average molecular weight is 252 g/mol. The third-order valence-corrected chi connectivity index (χ3v) is 3.93. The van der Waals surface area contributed by atoms with Gasteiger partial charge in [-0.3, -0.25) is 9.69 Å². The Labute approximate surface area is 107 Å². The lowest BCUT2D eigenvalue weighted by atomic mass is 10.2. The lowest BCUT2D eigenvalue weighted by Gasteiger charge is -2.36. The van der Waals surface area contributed by atoms with Crippen LogP contribution >= 0.6 is 11.3 Å². The van der Waals surface area contributed by atoms with Crippen molar-refractivity contribution >= 4 is 23.3 Å². The summed E-state index contributed by atoms with van der Waals surface area (Å²) < 4.78 is 0. The summed E-state index contributed by atoms with van der Waals surface area (Å²) in [6.45, 7) is 10.1. The highest BCUT2D eigenvalue weighted by atomic mass is 32.1. The molecule has 0 radical (unpaired) electrons. The van der Waals surface area contributed by atoms with Gasteiger partial charge in [0.15, 0.2) is 6.29 Å². The number of hydrogen-bond donors (Lipinski definition) is 0. The lowest BCUT2D eigenvalue weighted by molar-refractivity contribution is 0.112. The first-order chi connectivity index (χ1) is 8.19. The maximum absolute atomic E-state index is 10.7. The van der Waals surface area contributed by atoms with Crippen molar-refractivity contribution in [1.29, 1.82) is 0 Å². The highest BCUT2D eigenvalue weighted by Gasteiger charge is 2.18. The molecule has 1 fully saturated rings. The molecular formula is C13H20N2OS. The predicted molar refractivity (Wildman–Crippen MR) is 73.2 cm³/mol. The Morgan fingerprint density at radius 1 is 1.35 bits per heavy atom. The zero-order valence-corrected chi connectivity index (χ0v) is 11.4. The molecule has 0 bridgehead atoms. The first-order valence-corrected chi connectivity index (χ1v) is 7.08. The van der Waals surface area contributed by atoms with Crippen LogP contribution in [0.3, 0.4) is 0 Å². The SMILES string of the molecule is CC(C)CN1CCN(c2csc(C=O)c2)CC1. The van der Waals surface area contributed by atoms with Gasteiger partial charge in [-0.2, -0.15) is 0 Å². The quantitative estimate of drug-likeness (QED) is 0.769. The second-order valence-corrected chi connectivity index (χ2v) is 5.95. The molecule has 1 aromatic rings. The van der Waals surface area contributed by atoms with Crippen LogP contribution in [0.15, 0.2) is 11.4 Å². The van der Waals surface area contributed by atoms with E-state index in [-0.39, 0.29) is 0 Å². The summed E-state index contributed by atoms with van der Waals surface area (Å²) in [5, 5.41) is 2.09. The number of carbonyl (C=O) groups is 1. The van der Waals surface area contributed by atoms with Crippen molar-refractivity contribution in [2.75, 3.05) is 37.6 Å². The number of rotatable bonds is 4. The molecule has 2 heterocycles. The highest BCUT2D eigenvalue weighted by molar-refractivity contribution is 7.12. The first kappa shape index (κ1) is 12.6. The van der Waals surface area contributed by atoms with E-state index in [1.165, 1.54) is 23.6 Å². The van der Waals surface area contributed by atoms with E-state index in [1.807, 2.05) is 6.07 Å². The molecule has 1 aliphatic rings. The Balaban J connectivity index is 1.88. The second kappa shape index (κ2) is 5.65. The maximum Gasteiger partial charge on any atom is 0.160 e. The van der Waals surface area contributed by atoms with Crippen LogP contribution in [-0.4, -0.2) is 43.9 Å². The van der Waals surface area contributed by atoms with Gasteiger partial charge in [0.05, 0.1) is 4.88 Å². The van der Waals surface area contributed by atoms with E-state index >= 15 is 0 Å². The smallest absolute Gasteiger partial charge is 0.160 e. The number of nitrogens with zero attached hydrogens (tertiary/aromatic N) is 2. The van der Waals surface area contributed by atoms with Crippen LogP contribution in [0.25, 0.3) is 0 Å². The Bertz CT molecular complexity index is 367. The van der Waals surface area contributed by atoms with Gasteiger partial charge in [0.2, 0.25) is 0 Å². The number of hydrogen-bond acceptors (Lipinski definition) is 4. The molecule has 94 valence electrons. The van der Waals surface area contributed by atoms with E-state index in [0.29, 0.717) is 0 Å². The third kappa shape index (κ3) is 3.30. The fraction of sp³-hybridized carbons (Fsp3) is 0.615.